The van der Waals surface area contributed by atoms with Crippen LogP contribution in [0.15, 0.2) is 24.3 Å². The van der Waals surface area contributed by atoms with Gasteiger partial charge >= 0.3 is 10.4 Å². The largest absolute Gasteiger partial charge is 0.378 e. The number of piperidine rings is 1. The average molecular weight is 489 g/mol. The summed E-state index contributed by atoms with van der Waals surface area (Å²) in [6, 6.07) is 5.90. The first-order valence-electron chi connectivity index (χ1n) is 11.7. The summed E-state index contributed by atoms with van der Waals surface area (Å²) < 4.78 is 72.0. The fourth-order valence-electron chi connectivity index (χ4n) is 5.29. The minimum Gasteiger partial charge on any atom is -0.378 e. The molecule has 33 heavy (non-hydrogen) atoms. The second kappa shape index (κ2) is 9.92. The molecule has 2 atom stereocenters. The average Bonchev–Trinajstić information content (AvgIpc) is 2.75. The van der Waals surface area contributed by atoms with E-state index >= 15 is 0 Å². The van der Waals surface area contributed by atoms with Crippen LogP contribution in [0.2, 0.25) is 0 Å². The van der Waals surface area contributed by atoms with E-state index in [1.807, 2.05) is 10.8 Å². The number of nitrogens with one attached hydrogen (secondary N) is 1. The lowest BCUT2D eigenvalue weighted by molar-refractivity contribution is -0.153. The molecule has 4 rings (SSSR count). The first kappa shape index (κ1) is 24.5. The Hall–Kier alpha value is -1.65. The van der Waals surface area contributed by atoms with Gasteiger partial charge in [-0.05, 0) is 75.0 Å². The molecule has 2 saturated carbocycles. The number of carbonyl (C=O) groups is 1. The maximum absolute atomic E-state index is 14.6. The molecule has 1 aromatic carbocycles. The van der Waals surface area contributed by atoms with Crippen LogP contribution in [0.1, 0.15) is 62.8 Å². The van der Waals surface area contributed by atoms with Gasteiger partial charge in [-0.25, -0.2) is 8.78 Å². The van der Waals surface area contributed by atoms with E-state index in [0.717, 1.165) is 31.2 Å². The van der Waals surface area contributed by atoms with Crippen molar-refractivity contribution in [2.75, 3.05) is 19.7 Å². The van der Waals surface area contributed by atoms with Crippen LogP contribution in [0, 0.1) is 11.7 Å². The van der Waals surface area contributed by atoms with Crippen LogP contribution in [0.4, 0.5) is 12.7 Å². The number of amides is 1. The van der Waals surface area contributed by atoms with Crippen LogP contribution in [0.3, 0.4) is 0 Å². The van der Waals surface area contributed by atoms with Gasteiger partial charge in [0.05, 0.1) is 12.7 Å². The predicted molar refractivity (Wildman–Crippen MR) is 117 cm³/mol. The van der Waals surface area contributed by atoms with E-state index in [1.54, 1.807) is 12.1 Å². The molecular weight excluding hydrogens is 457 g/mol. The second-order valence-corrected chi connectivity index (χ2v) is 10.8. The molecule has 1 N–H and O–H groups in total. The Balaban J connectivity index is 1.33. The molecule has 3 aliphatic rings. The Morgan fingerprint density at radius 3 is 2.52 bits per heavy atom. The number of benzene rings is 1. The van der Waals surface area contributed by atoms with E-state index in [4.69, 9.17) is 4.74 Å². The molecule has 10 heteroatoms. The summed E-state index contributed by atoms with van der Waals surface area (Å²) in [5.74, 6) is -1.02. The fraction of sp³-hybridized carbons (Fsp3) is 0.696. The van der Waals surface area contributed by atoms with Crippen molar-refractivity contribution >= 4 is 16.3 Å². The Morgan fingerprint density at radius 1 is 1.18 bits per heavy atom. The molecule has 1 amide bonds. The molecule has 1 saturated heterocycles. The van der Waals surface area contributed by atoms with E-state index < -0.39 is 33.9 Å². The summed E-state index contributed by atoms with van der Waals surface area (Å²) in [6.07, 6.45) is 4.45. The number of rotatable bonds is 7. The molecule has 1 aliphatic heterocycles. The van der Waals surface area contributed by atoms with Gasteiger partial charge in [-0.2, -0.15) is 13.1 Å². The molecule has 2 unspecified atom stereocenters. The lowest BCUT2D eigenvalue weighted by Gasteiger charge is -2.43. The molecule has 3 fully saturated rings. The number of hydrogen-bond donors (Lipinski definition) is 1. The minimum atomic E-state index is -4.91. The Labute approximate surface area is 193 Å². The van der Waals surface area contributed by atoms with Crippen molar-refractivity contribution in [3.63, 3.8) is 0 Å². The van der Waals surface area contributed by atoms with Crippen molar-refractivity contribution in [1.82, 2.24) is 9.62 Å². The minimum absolute atomic E-state index is 0.0531. The predicted octanol–water partition coefficient (Wildman–Crippen LogP) is 3.78. The summed E-state index contributed by atoms with van der Waals surface area (Å²) in [5.41, 5.74) is -0.851. The number of alkyl halides is 1. The summed E-state index contributed by atoms with van der Waals surface area (Å²) in [5, 5.41) is 0. The van der Waals surface area contributed by atoms with Gasteiger partial charge in [0.15, 0.2) is 5.67 Å². The maximum Gasteiger partial charge on any atom is 0.372 e. The zero-order valence-corrected chi connectivity index (χ0v) is 19.3. The van der Waals surface area contributed by atoms with Gasteiger partial charge in [0.2, 0.25) is 0 Å². The number of likely N-dealkylation sites (tertiary alicyclic amines) is 1. The third-order valence-corrected chi connectivity index (χ3v) is 7.97. The second-order valence-electron chi connectivity index (χ2n) is 9.64. The van der Waals surface area contributed by atoms with Crippen LogP contribution >= 0.6 is 0 Å². The summed E-state index contributed by atoms with van der Waals surface area (Å²) >= 11 is 0. The molecule has 0 bridgehead atoms. The van der Waals surface area contributed by atoms with Crippen LogP contribution in [-0.4, -0.2) is 56.7 Å². The Kier molecular flexibility index (Phi) is 7.35. The van der Waals surface area contributed by atoms with Crippen molar-refractivity contribution in [2.45, 2.75) is 75.1 Å². The molecule has 1 heterocycles. The summed E-state index contributed by atoms with van der Waals surface area (Å²) in [6.45, 7) is 0.439. The van der Waals surface area contributed by atoms with Gasteiger partial charge in [0.1, 0.15) is 5.82 Å². The molecular formula is C23H31F3N2O4S. The highest BCUT2D eigenvalue weighted by Gasteiger charge is 2.48. The normalized spacial score (nSPS) is 30.0. The van der Waals surface area contributed by atoms with E-state index in [0.29, 0.717) is 6.42 Å². The molecule has 6 nitrogen and oxygen atoms in total. The summed E-state index contributed by atoms with van der Waals surface area (Å²) in [4.78, 5) is 14.0. The van der Waals surface area contributed by atoms with Crippen LogP contribution in [0.25, 0.3) is 0 Å². The number of carbonyl (C=O) groups excluding carboxylic acids is 1. The number of ether oxygens (including phenoxy) is 1. The van der Waals surface area contributed by atoms with Gasteiger partial charge in [0, 0.05) is 25.0 Å². The Morgan fingerprint density at radius 2 is 1.91 bits per heavy atom. The molecule has 1 aromatic rings. The van der Waals surface area contributed by atoms with Crippen molar-refractivity contribution in [2.24, 2.45) is 5.92 Å². The number of hydrogen-bond acceptors (Lipinski definition) is 4. The van der Waals surface area contributed by atoms with Crippen LogP contribution in [-0.2, 0) is 19.9 Å². The number of nitrogens with zero attached hydrogens (tertiary/aromatic N) is 1. The van der Waals surface area contributed by atoms with Gasteiger partial charge in [-0.15, -0.1) is 0 Å². The van der Waals surface area contributed by atoms with E-state index in [1.165, 1.54) is 11.0 Å². The van der Waals surface area contributed by atoms with Crippen LogP contribution in [0.5, 0.6) is 0 Å². The highest BCUT2D eigenvalue weighted by atomic mass is 32.3. The smallest absolute Gasteiger partial charge is 0.372 e. The quantitative estimate of drug-likeness (QED) is 0.593. The lowest BCUT2D eigenvalue weighted by atomic mass is 9.80. The van der Waals surface area contributed by atoms with Crippen molar-refractivity contribution in [3.05, 3.63) is 35.6 Å². The zero-order chi connectivity index (χ0) is 23.6. The Bertz CT molecular complexity index is 949. The highest BCUT2D eigenvalue weighted by Crippen LogP contribution is 2.39. The molecule has 0 aromatic heterocycles. The van der Waals surface area contributed by atoms with Crippen LogP contribution < -0.4 is 4.72 Å². The van der Waals surface area contributed by atoms with E-state index in [-0.39, 0.29) is 56.8 Å². The topological polar surface area (TPSA) is 75.7 Å². The van der Waals surface area contributed by atoms with Crippen molar-refractivity contribution in [1.29, 1.82) is 0 Å². The molecule has 0 spiro atoms. The highest BCUT2D eigenvalue weighted by molar-refractivity contribution is 7.84. The number of halogens is 3. The summed E-state index contributed by atoms with van der Waals surface area (Å²) in [7, 11) is -4.91. The van der Waals surface area contributed by atoms with Crippen molar-refractivity contribution in [3.8, 4) is 0 Å². The third-order valence-electron chi connectivity index (χ3n) is 7.38. The van der Waals surface area contributed by atoms with Crippen molar-refractivity contribution < 1.29 is 30.6 Å². The molecule has 0 radical (unpaired) electrons. The third kappa shape index (κ3) is 6.08. The first-order chi connectivity index (χ1) is 15.6. The zero-order valence-electron chi connectivity index (χ0n) is 18.5. The fourth-order valence-corrected chi connectivity index (χ4v) is 5.96. The van der Waals surface area contributed by atoms with Gasteiger partial charge in [-0.1, -0.05) is 16.0 Å². The van der Waals surface area contributed by atoms with Gasteiger partial charge in [0.25, 0.3) is 5.91 Å². The standard InChI is InChI=1S/C23H31F3N2O4S/c24-19-4-1-3-17(13-19)16-5-7-20(8-6-16)32-15-18-14-28(22(29)23(25)10-2-11-23)12-9-21(18)27-33(26,30)31/h1,3-4,13,16,18,20-21,27H,2,5-12,14-15H2/t16-,18?,20+,21?. The molecule has 2 aliphatic carbocycles. The van der Waals surface area contributed by atoms with E-state index in [2.05, 4.69) is 0 Å². The van der Waals surface area contributed by atoms with Gasteiger partial charge in [-0.3, -0.25) is 4.79 Å². The lowest BCUT2D eigenvalue weighted by Crippen LogP contribution is -2.58. The monoisotopic (exact) mass is 488 g/mol. The van der Waals surface area contributed by atoms with E-state index in [9.17, 15) is 25.9 Å². The van der Waals surface area contributed by atoms with Gasteiger partial charge < -0.3 is 9.64 Å². The first-order valence-corrected chi connectivity index (χ1v) is 13.1. The SMILES string of the molecule is O=C(N1CCC(NS(=O)(=O)F)C(CO[C@H]2CC[C@@H](c3cccc(F)c3)CC2)C1)C1(F)CCC1. The molecule has 184 valence electrons. The maximum atomic E-state index is 14.6.